The van der Waals surface area contributed by atoms with Gasteiger partial charge in [0.05, 0.1) is 12.9 Å². The van der Waals surface area contributed by atoms with Crippen molar-refractivity contribution >= 4 is 29.9 Å². The molecular formula is C11H20IN5. The van der Waals surface area contributed by atoms with Crippen LogP contribution in [0.3, 0.4) is 0 Å². The molecule has 2 N–H and O–H groups in total. The number of imidazole rings is 1. The maximum Gasteiger partial charge on any atom is 0.191 e. The Morgan fingerprint density at radius 2 is 2.06 bits per heavy atom. The van der Waals surface area contributed by atoms with Gasteiger partial charge in [0.1, 0.15) is 0 Å². The molecule has 1 aliphatic heterocycles. The molecule has 1 aromatic heterocycles. The minimum absolute atomic E-state index is 0. The summed E-state index contributed by atoms with van der Waals surface area (Å²) in [6, 6.07) is 0. The summed E-state index contributed by atoms with van der Waals surface area (Å²) in [7, 11) is 0. The van der Waals surface area contributed by atoms with Crippen LogP contribution in [0.1, 0.15) is 19.3 Å². The SMILES string of the molecule is I.NC(=NCCn1ccnc1)N1CCCCC1. The maximum atomic E-state index is 5.94. The van der Waals surface area contributed by atoms with Crippen LogP contribution in [0.25, 0.3) is 0 Å². The van der Waals surface area contributed by atoms with E-state index in [1.54, 1.807) is 12.5 Å². The number of likely N-dealkylation sites (tertiary alicyclic amines) is 1. The molecule has 0 saturated carbocycles. The van der Waals surface area contributed by atoms with Crippen LogP contribution in [-0.4, -0.2) is 40.0 Å². The highest BCUT2D eigenvalue weighted by Gasteiger charge is 2.11. The first-order valence-corrected chi connectivity index (χ1v) is 5.87. The van der Waals surface area contributed by atoms with Gasteiger partial charge in [0, 0.05) is 32.0 Å². The molecule has 0 bridgehead atoms. The summed E-state index contributed by atoms with van der Waals surface area (Å²) in [4.78, 5) is 10.6. The topological polar surface area (TPSA) is 59.4 Å². The number of piperidine rings is 1. The van der Waals surface area contributed by atoms with Crippen LogP contribution < -0.4 is 5.73 Å². The summed E-state index contributed by atoms with van der Waals surface area (Å²) < 4.78 is 2.01. The van der Waals surface area contributed by atoms with Crippen LogP contribution in [-0.2, 0) is 6.54 Å². The Bertz CT molecular complexity index is 330. The molecule has 96 valence electrons. The first-order chi connectivity index (χ1) is 7.86. The minimum Gasteiger partial charge on any atom is -0.370 e. The van der Waals surface area contributed by atoms with Crippen molar-refractivity contribution in [2.75, 3.05) is 19.6 Å². The summed E-state index contributed by atoms with van der Waals surface area (Å²) >= 11 is 0. The van der Waals surface area contributed by atoms with Gasteiger partial charge in [0.25, 0.3) is 0 Å². The van der Waals surface area contributed by atoms with Crippen molar-refractivity contribution in [3.8, 4) is 0 Å². The number of rotatable bonds is 3. The van der Waals surface area contributed by atoms with E-state index in [0.717, 1.165) is 26.2 Å². The zero-order valence-corrected chi connectivity index (χ0v) is 12.3. The van der Waals surface area contributed by atoms with E-state index in [2.05, 4.69) is 14.9 Å². The Morgan fingerprint density at radius 1 is 1.29 bits per heavy atom. The van der Waals surface area contributed by atoms with Crippen LogP contribution in [0.4, 0.5) is 0 Å². The second-order valence-electron chi connectivity index (χ2n) is 4.09. The molecule has 1 aromatic rings. The van der Waals surface area contributed by atoms with Gasteiger partial charge in [-0.1, -0.05) is 0 Å². The maximum absolute atomic E-state index is 5.94. The van der Waals surface area contributed by atoms with Crippen molar-refractivity contribution in [2.24, 2.45) is 10.7 Å². The molecule has 0 radical (unpaired) electrons. The van der Waals surface area contributed by atoms with Crippen LogP contribution in [0, 0.1) is 0 Å². The Labute approximate surface area is 119 Å². The van der Waals surface area contributed by atoms with Gasteiger partial charge in [-0.25, -0.2) is 4.98 Å². The summed E-state index contributed by atoms with van der Waals surface area (Å²) in [6.45, 7) is 3.67. The number of halogens is 1. The fourth-order valence-corrected chi connectivity index (χ4v) is 1.92. The van der Waals surface area contributed by atoms with E-state index in [9.17, 15) is 0 Å². The molecule has 0 atom stereocenters. The highest BCUT2D eigenvalue weighted by molar-refractivity contribution is 14.0. The largest absolute Gasteiger partial charge is 0.370 e. The third-order valence-corrected chi connectivity index (χ3v) is 2.87. The number of hydrogen-bond acceptors (Lipinski definition) is 2. The summed E-state index contributed by atoms with van der Waals surface area (Å²) in [5, 5.41) is 0. The quantitative estimate of drug-likeness (QED) is 0.508. The Morgan fingerprint density at radius 3 is 2.71 bits per heavy atom. The molecule has 0 unspecified atom stereocenters. The minimum atomic E-state index is 0. The van der Waals surface area contributed by atoms with Gasteiger partial charge in [-0.2, -0.15) is 0 Å². The second kappa shape index (κ2) is 7.52. The Hall–Kier alpha value is -0.790. The predicted molar refractivity (Wildman–Crippen MR) is 79.6 cm³/mol. The van der Waals surface area contributed by atoms with Gasteiger partial charge < -0.3 is 15.2 Å². The smallest absolute Gasteiger partial charge is 0.191 e. The molecule has 6 heteroatoms. The molecule has 1 aliphatic rings. The second-order valence-corrected chi connectivity index (χ2v) is 4.09. The molecule has 0 spiro atoms. The lowest BCUT2D eigenvalue weighted by Crippen LogP contribution is -2.41. The number of hydrogen-bond donors (Lipinski definition) is 1. The van der Waals surface area contributed by atoms with E-state index in [0.29, 0.717) is 5.96 Å². The number of nitrogens with zero attached hydrogens (tertiary/aromatic N) is 4. The molecule has 1 saturated heterocycles. The predicted octanol–water partition coefficient (Wildman–Crippen LogP) is 1.30. The van der Waals surface area contributed by atoms with E-state index in [1.807, 2.05) is 10.8 Å². The molecule has 2 rings (SSSR count). The zero-order chi connectivity index (χ0) is 11.2. The van der Waals surface area contributed by atoms with Gasteiger partial charge in [-0.15, -0.1) is 24.0 Å². The van der Waals surface area contributed by atoms with E-state index >= 15 is 0 Å². The Kier molecular flexibility index (Phi) is 6.31. The van der Waals surface area contributed by atoms with Crippen molar-refractivity contribution in [2.45, 2.75) is 25.8 Å². The van der Waals surface area contributed by atoms with Crippen LogP contribution >= 0.6 is 24.0 Å². The lowest BCUT2D eigenvalue weighted by molar-refractivity contribution is 0.338. The average molecular weight is 349 g/mol. The van der Waals surface area contributed by atoms with Crippen LogP contribution in [0.5, 0.6) is 0 Å². The highest BCUT2D eigenvalue weighted by atomic mass is 127. The van der Waals surface area contributed by atoms with Crippen molar-refractivity contribution in [3.63, 3.8) is 0 Å². The third-order valence-electron chi connectivity index (χ3n) is 2.87. The third kappa shape index (κ3) is 4.53. The van der Waals surface area contributed by atoms with Crippen molar-refractivity contribution < 1.29 is 0 Å². The molecule has 0 amide bonds. The van der Waals surface area contributed by atoms with Gasteiger partial charge in [0.15, 0.2) is 5.96 Å². The monoisotopic (exact) mass is 349 g/mol. The standard InChI is InChI=1S/C11H19N5.HI/c12-11(16-6-2-1-3-7-16)14-5-9-15-8-4-13-10-15;/h4,8,10H,1-3,5-7,9H2,(H2,12,14);1H. The summed E-state index contributed by atoms with van der Waals surface area (Å²) in [6.07, 6.45) is 9.30. The van der Waals surface area contributed by atoms with Crippen LogP contribution in [0.2, 0.25) is 0 Å². The molecular weight excluding hydrogens is 329 g/mol. The van der Waals surface area contributed by atoms with Crippen molar-refractivity contribution in [1.82, 2.24) is 14.5 Å². The van der Waals surface area contributed by atoms with E-state index < -0.39 is 0 Å². The van der Waals surface area contributed by atoms with Crippen molar-refractivity contribution in [1.29, 1.82) is 0 Å². The molecule has 5 nitrogen and oxygen atoms in total. The van der Waals surface area contributed by atoms with Gasteiger partial charge >= 0.3 is 0 Å². The molecule has 0 aliphatic carbocycles. The normalized spacial score (nSPS) is 16.7. The van der Waals surface area contributed by atoms with E-state index in [1.165, 1.54) is 19.3 Å². The van der Waals surface area contributed by atoms with E-state index in [-0.39, 0.29) is 24.0 Å². The zero-order valence-electron chi connectivity index (χ0n) is 9.96. The molecule has 2 heterocycles. The Balaban J connectivity index is 0.00000144. The van der Waals surface area contributed by atoms with Gasteiger partial charge in [-0.05, 0) is 19.3 Å². The van der Waals surface area contributed by atoms with Gasteiger partial charge in [0.2, 0.25) is 0 Å². The van der Waals surface area contributed by atoms with Crippen LogP contribution in [0.15, 0.2) is 23.7 Å². The first kappa shape index (κ1) is 14.3. The highest BCUT2D eigenvalue weighted by Crippen LogP contribution is 2.07. The molecule has 0 aromatic carbocycles. The number of aliphatic imine (C=N–C) groups is 1. The average Bonchev–Trinajstić information content (AvgIpc) is 2.83. The van der Waals surface area contributed by atoms with Crippen molar-refractivity contribution in [3.05, 3.63) is 18.7 Å². The number of guanidine groups is 1. The van der Waals surface area contributed by atoms with Gasteiger partial charge in [-0.3, -0.25) is 4.99 Å². The molecule has 1 fully saturated rings. The summed E-state index contributed by atoms with van der Waals surface area (Å²) in [5.41, 5.74) is 5.94. The number of nitrogens with two attached hydrogens (primary N) is 1. The fourth-order valence-electron chi connectivity index (χ4n) is 1.92. The lowest BCUT2D eigenvalue weighted by atomic mass is 10.1. The first-order valence-electron chi connectivity index (χ1n) is 5.87. The number of aromatic nitrogens is 2. The van der Waals surface area contributed by atoms with E-state index in [4.69, 9.17) is 5.73 Å². The summed E-state index contributed by atoms with van der Waals surface area (Å²) in [5.74, 6) is 0.694. The molecule has 17 heavy (non-hydrogen) atoms. The lowest BCUT2D eigenvalue weighted by Gasteiger charge is -2.27. The fraction of sp³-hybridized carbons (Fsp3) is 0.636.